The van der Waals surface area contributed by atoms with Crippen LogP contribution in [0.15, 0.2) is 0 Å². The molecule has 0 aliphatic heterocycles. The largest absolute Gasteiger partial charge is 0.292 e. The zero-order chi connectivity index (χ0) is 6.08. The fourth-order valence-corrected chi connectivity index (χ4v) is 0. The van der Waals surface area contributed by atoms with Crippen LogP contribution < -0.4 is 0 Å². The standard InChI is InChI=1S/C6H15N/c1-6(2)7(3,4)5/h6H,1H2,2-5H3/q+2. The van der Waals surface area contributed by atoms with Crippen molar-refractivity contribution in [3.63, 3.8) is 0 Å². The Kier molecular flexibility index (Phi) is 1.70. The molecule has 0 spiro atoms. The summed E-state index contributed by atoms with van der Waals surface area (Å²) >= 11 is 0. The number of quaternary nitrogens is 1. The molecule has 0 aromatic heterocycles. The Bertz CT molecular complexity index is 49.7. The molecule has 0 radical (unpaired) electrons. The molecular formula is C6H15N+2. The minimum atomic E-state index is 0.486. The van der Waals surface area contributed by atoms with E-state index in [1.165, 1.54) is 0 Å². The van der Waals surface area contributed by atoms with Crippen LogP contribution >= 0.6 is 0 Å². The Labute approximate surface area is 46.5 Å². The maximum Gasteiger partial charge on any atom is 0.215 e. The number of nitrogens with zero attached hydrogens (tertiary/aromatic N) is 1. The van der Waals surface area contributed by atoms with Crippen LogP contribution in [0.4, 0.5) is 0 Å². The topological polar surface area (TPSA) is 0 Å². The van der Waals surface area contributed by atoms with Crippen LogP contribution in [-0.4, -0.2) is 31.7 Å². The maximum atomic E-state index is 3.88. The van der Waals surface area contributed by atoms with Crippen LogP contribution in [0.3, 0.4) is 0 Å². The second kappa shape index (κ2) is 1.74. The van der Waals surface area contributed by atoms with Crippen LogP contribution in [0.5, 0.6) is 0 Å². The highest BCUT2D eigenvalue weighted by Gasteiger charge is 2.16. The van der Waals surface area contributed by atoms with E-state index in [4.69, 9.17) is 0 Å². The van der Waals surface area contributed by atoms with Gasteiger partial charge in [-0.25, -0.2) is 0 Å². The van der Waals surface area contributed by atoms with Gasteiger partial charge in [0, 0.05) is 6.92 Å². The van der Waals surface area contributed by atoms with E-state index in [2.05, 4.69) is 35.0 Å². The van der Waals surface area contributed by atoms with Crippen molar-refractivity contribution in [3.8, 4) is 0 Å². The number of hydrogen-bond acceptors (Lipinski definition) is 0. The third kappa shape index (κ3) is 2.52. The van der Waals surface area contributed by atoms with Gasteiger partial charge in [0.05, 0.1) is 21.1 Å². The Morgan fingerprint density at radius 3 is 1.43 bits per heavy atom. The van der Waals surface area contributed by atoms with Gasteiger partial charge in [-0.1, -0.05) is 0 Å². The predicted molar refractivity (Wildman–Crippen MR) is 32.9 cm³/mol. The Morgan fingerprint density at radius 2 is 1.43 bits per heavy atom. The summed E-state index contributed by atoms with van der Waals surface area (Å²) < 4.78 is 0.944. The van der Waals surface area contributed by atoms with Gasteiger partial charge in [-0.15, -0.1) is 0 Å². The summed E-state index contributed by atoms with van der Waals surface area (Å²) in [5, 5.41) is 0. The van der Waals surface area contributed by atoms with Crippen molar-refractivity contribution in [1.82, 2.24) is 0 Å². The smallest absolute Gasteiger partial charge is 0.215 e. The molecule has 0 amide bonds. The van der Waals surface area contributed by atoms with Crippen molar-refractivity contribution in [2.24, 2.45) is 0 Å². The average Bonchev–Trinajstić information content (AvgIpc) is 1.31. The Morgan fingerprint density at radius 1 is 1.29 bits per heavy atom. The molecule has 42 valence electrons. The summed E-state index contributed by atoms with van der Waals surface area (Å²) in [5.74, 6) is 0. The van der Waals surface area contributed by atoms with Crippen molar-refractivity contribution < 1.29 is 4.48 Å². The minimum absolute atomic E-state index is 0.486. The molecule has 0 rings (SSSR count). The summed E-state index contributed by atoms with van der Waals surface area (Å²) in [6, 6.07) is 0.486. The normalized spacial score (nSPS) is 16.6. The molecule has 0 saturated carbocycles. The maximum absolute atomic E-state index is 3.88. The zero-order valence-electron chi connectivity index (χ0n) is 5.73. The fourth-order valence-electron chi connectivity index (χ4n) is 0. The van der Waals surface area contributed by atoms with Gasteiger partial charge in [0.25, 0.3) is 0 Å². The van der Waals surface area contributed by atoms with Crippen molar-refractivity contribution in [3.05, 3.63) is 6.92 Å². The van der Waals surface area contributed by atoms with Crippen molar-refractivity contribution in [1.29, 1.82) is 0 Å². The quantitative estimate of drug-likeness (QED) is 0.340. The third-order valence-corrected chi connectivity index (χ3v) is 1.32. The number of hydrogen-bond donors (Lipinski definition) is 0. The Balaban J connectivity index is 3.54. The van der Waals surface area contributed by atoms with E-state index in [1.54, 1.807) is 0 Å². The molecule has 1 heteroatoms. The molecule has 1 atom stereocenters. The van der Waals surface area contributed by atoms with E-state index in [0.29, 0.717) is 6.04 Å². The first-order valence-electron chi connectivity index (χ1n) is 2.59. The zero-order valence-corrected chi connectivity index (χ0v) is 5.73. The van der Waals surface area contributed by atoms with Crippen LogP contribution in [0.25, 0.3) is 0 Å². The predicted octanol–water partition coefficient (Wildman–Crippen LogP) is 0.915. The van der Waals surface area contributed by atoms with Gasteiger partial charge >= 0.3 is 0 Å². The lowest BCUT2D eigenvalue weighted by Crippen LogP contribution is -2.41. The molecule has 0 saturated heterocycles. The monoisotopic (exact) mass is 101 g/mol. The molecule has 0 aromatic carbocycles. The summed E-state index contributed by atoms with van der Waals surface area (Å²) in [7, 11) is 6.41. The van der Waals surface area contributed by atoms with E-state index in [9.17, 15) is 0 Å². The van der Waals surface area contributed by atoms with Crippen LogP contribution in [0.2, 0.25) is 0 Å². The molecular weight excluding hydrogens is 86.1 g/mol. The molecule has 0 aliphatic rings. The van der Waals surface area contributed by atoms with Crippen LogP contribution in [-0.2, 0) is 0 Å². The van der Waals surface area contributed by atoms with E-state index < -0.39 is 0 Å². The summed E-state index contributed by atoms with van der Waals surface area (Å²) in [6.45, 7) is 5.99. The van der Waals surface area contributed by atoms with Gasteiger partial charge in [0.15, 0.2) is 0 Å². The Hall–Kier alpha value is -0.170. The van der Waals surface area contributed by atoms with Gasteiger partial charge in [-0.2, -0.15) is 0 Å². The molecule has 0 bridgehead atoms. The molecule has 7 heavy (non-hydrogen) atoms. The van der Waals surface area contributed by atoms with E-state index in [0.717, 1.165) is 4.48 Å². The lowest BCUT2D eigenvalue weighted by molar-refractivity contribution is -0.887. The minimum Gasteiger partial charge on any atom is -0.292 e. The lowest BCUT2D eigenvalue weighted by atomic mass is 10.3. The molecule has 0 heterocycles. The van der Waals surface area contributed by atoms with Crippen LogP contribution in [0.1, 0.15) is 6.92 Å². The fraction of sp³-hybridized carbons (Fsp3) is 0.833. The molecule has 0 fully saturated rings. The highest BCUT2D eigenvalue weighted by molar-refractivity contribution is 4.47. The average molecular weight is 101 g/mol. The van der Waals surface area contributed by atoms with Gasteiger partial charge in [0.1, 0.15) is 6.92 Å². The van der Waals surface area contributed by atoms with Crippen molar-refractivity contribution in [2.75, 3.05) is 21.1 Å². The van der Waals surface area contributed by atoms with Crippen molar-refractivity contribution in [2.45, 2.75) is 13.0 Å². The molecule has 0 aliphatic carbocycles. The van der Waals surface area contributed by atoms with E-state index in [-0.39, 0.29) is 0 Å². The first kappa shape index (κ1) is 6.83. The lowest BCUT2D eigenvalue weighted by Gasteiger charge is -2.23. The number of rotatable bonds is 1. The summed E-state index contributed by atoms with van der Waals surface area (Å²) in [5.41, 5.74) is 0. The summed E-state index contributed by atoms with van der Waals surface area (Å²) in [6.07, 6.45) is 0. The van der Waals surface area contributed by atoms with Crippen molar-refractivity contribution >= 4 is 0 Å². The molecule has 0 N–H and O–H groups in total. The molecule has 1 unspecified atom stereocenters. The van der Waals surface area contributed by atoms with E-state index in [1.807, 2.05) is 0 Å². The van der Waals surface area contributed by atoms with Gasteiger partial charge in [0.2, 0.25) is 6.04 Å². The van der Waals surface area contributed by atoms with Crippen LogP contribution in [0, 0.1) is 6.92 Å². The van der Waals surface area contributed by atoms with Gasteiger partial charge in [-0.05, 0) is 0 Å². The second-order valence-corrected chi connectivity index (χ2v) is 2.97. The first-order valence-corrected chi connectivity index (χ1v) is 2.59. The molecule has 0 aromatic rings. The first-order chi connectivity index (χ1) is 2.94. The highest BCUT2D eigenvalue weighted by atomic mass is 15.3. The molecule has 1 nitrogen and oxygen atoms in total. The summed E-state index contributed by atoms with van der Waals surface area (Å²) in [4.78, 5) is 0. The third-order valence-electron chi connectivity index (χ3n) is 1.32. The second-order valence-electron chi connectivity index (χ2n) is 2.97. The van der Waals surface area contributed by atoms with Gasteiger partial charge < -0.3 is 0 Å². The SMILES string of the molecule is [CH2+]C(C)[N+](C)(C)C. The highest BCUT2D eigenvalue weighted by Crippen LogP contribution is 1.97. The van der Waals surface area contributed by atoms with E-state index >= 15 is 0 Å². The van der Waals surface area contributed by atoms with Gasteiger partial charge in [-0.3, -0.25) is 4.48 Å².